The molecule has 2 aromatic carbocycles. The number of thiazole rings is 1. The number of benzene rings is 2. The van der Waals surface area contributed by atoms with Gasteiger partial charge in [0.15, 0.2) is 0 Å². The Labute approximate surface area is 123 Å². The van der Waals surface area contributed by atoms with E-state index in [0.717, 1.165) is 12.1 Å². The Kier molecular flexibility index (Phi) is 3.70. The molecule has 0 aliphatic heterocycles. The highest BCUT2D eigenvalue weighted by Crippen LogP contribution is 2.31. The van der Waals surface area contributed by atoms with Crippen molar-refractivity contribution >= 4 is 27.2 Å². The van der Waals surface area contributed by atoms with Gasteiger partial charge in [-0.25, -0.2) is 4.98 Å². The van der Waals surface area contributed by atoms with Gasteiger partial charge in [0.05, 0.1) is 16.3 Å². The fourth-order valence-corrected chi connectivity index (χ4v) is 3.53. The average molecular weight is 282 g/mol. The fourth-order valence-electron chi connectivity index (χ4n) is 2.50. The second-order valence-corrected chi connectivity index (χ2v) is 5.88. The van der Waals surface area contributed by atoms with Gasteiger partial charge in [-0.1, -0.05) is 30.3 Å². The first-order chi connectivity index (χ1) is 9.79. The first-order valence-corrected chi connectivity index (χ1v) is 7.78. The van der Waals surface area contributed by atoms with E-state index in [4.69, 9.17) is 4.98 Å². The van der Waals surface area contributed by atoms with Crippen molar-refractivity contribution in [1.29, 1.82) is 0 Å². The number of hydrogen-bond acceptors (Lipinski definition) is 3. The lowest BCUT2D eigenvalue weighted by molar-refractivity contribution is 0.687. The number of hydrogen-bond donors (Lipinski definition) is 0. The molecule has 0 radical (unpaired) electrons. The number of nitrogens with zero attached hydrogens (tertiary/aromatic N) is 2. The monoisotopic (exact) mass is 282 g/mol. The molecule has 3 aromatic rings. The van der Waals surface area contributed by atoms with Crippen LogP contribution < -0.4 is 4.90 Å². The molecule has 1 atom stereocenters. The molecule has 0 fully saturated rings. The van der Waals surface area contributed by atoms with Crippen LogP contribution in [0, 0.1) is 0 Å². The molecule has 1 heterocycles. The standard InChI is InChI=1S/C17H18N2S/c1-3-19(14-9-5-4-6-10-14)13(2)17-18-15-11-7-8-12-16(15)20-17/h4-13H,3H2,1-2H3/t13-/m1/s1. The van der Waals surface area contributed by atoms with Crippen molar-refractivity contribution in [3.63, 3.8) is 0 Å². The third kappa shape index (κ3) is 2.41. The molecule has 3 heteroatoms. The van der Waals surface area contributed by atoms with Crippen LogP contribution in [-0.4, -0.2) is 11.5 Å². The van der Waals surface area contributed by atoms with Gasteiger partial charge in [-0.2, -0.15) is 0 Å². The van der Waals surface area contributed by atoms with Gasteiger partial charge in [0.1, 0.15) is 5.01 Å². The molecule has 0 aliphatic carbocycles. The van der Waals surface area contributed by atoms with Gasteiger partial charge >= 0.3 is 0 Å². The van der Waals surface area contributed by atoms with E-state index in [1.165, 1.54) is 15.4 Å². The normalized spacial score (nSPS) is 12.5. The molecule has 1 aromatic heterocycles. The number of para-hydroxylation sites is 2. The molecule has 0 amide bonds. The summed E-state index contributed by atoms with van der Waals surface area (Å²) in [4.78, 5) is 7.17. The molecule has 0 unspecified atom stereocenters. The topological polar surface area (TPSA) is 16.1 Å². The van der Waals surface area contributed by atoms with Gasteiger partial charge in [-0.15, -0.1) is 11.3 Å². The third-order valence-electron chi connectivity index (χ3n) is 3.56. The summed E-state index contributed by atoms with van der Waals surface area (Å²) in [5, 5.41) is 1.18. The SMILES string of the molecule is CCN(c1ccccc1)[C@H](C)c1nc2ccccc2s1. The Morgan fingerprint density at radius 1 is 1.05 bits per heavy atom. The van der Waals surface area contributed by atoms with E-state index in [9.17, 15) is 0 Å². The Morgan fingerprint density at radius 3 is 2.45 bits per heavy atom. The van der Waals surface area contributed by atoms with Crippen molar-refractivity contribution in [2.45, 2.75) is 19.9 Å². The molecule has 0 saturated carbocycles. The average Bonchev–Trinajstić information content (AvgIpc) is 2.93. The number of anilines is 1. The maximum atomic E-state index is 4.78. The Morgan fingerprint density at radius 2 is 1.75 bits per heavy atom. The smallest absolute Gasteiger partial charge is 0.116 e. The van der Waals surface area contributed by atoms with Gasteiger partial charge < -0.3 is 4.90 Å². The lowest BCUT2D eigenvalue weighted by Gasteiger charge is -2.28. The summed E-state index contributed by atoms with van der Waals surface area (Å²) in [6.45, 7) is 5.39. The van der Waals surface area contributed by atoms with Crippen molar-refractivity contribution in [2.24, 2.45) is 0 Å². The molecule has 0 N–H and O–H groups in total. The van der Waals surface area contributed by atoms with E-state index in [1.807, 2.05) is 6.07 Å². The molecule has 3 rings (SSSR count). The van der Waals surface area contributed by atoms with Gasteiger partial charge in [0.25, 0.3) is 0 Å². The molecule has 0 bridgehead atoms. The van der Waals surface area contributed by atoms with E-state index in [1.54, 1.807) is 11.3 Å². The highest BCUT2D eigenvalue weighted by molar-refractivity contribution is 7.18. The molecule has 0 spiro atoms. The highest BCUT2D eigenvalue weighted by atomic mass is 32.1. The predicted molar refractivity (Wildman–Crippen MR) is 87.5 cm³/mol. The van der Waals surface area contributed by atoms with Crippen LogP contribution in [0.5, 0.6) is 0 Å². The number of rotatable bonds is 4. The zero-order valence-electron chi connectivity index (χ0n) is 11.8. The van der Waals surface area contributed by atoms with Crippen LogP contribution >= 0.6 is 11.3 Å². The number of fused-ring (bicyclic) bond motifs is 1. The van der Waals surface area contributed by atoms with Crippen molar-refractivity contribution < 1.29 is 0 Å². The molecule has 0 saturated heterocycles. The van der Waals surface area contributed by atoms with Crippen LogP contribution in [-0.2, 0) is 0 Å². The Hall–Kier alpha value is -1.87. The third-order valence-corrected chi connectivity index (χ3v) is 4.77. The fraction of sp³-hybridized carbons (Fsp3) is 0.235. The van der Waals surface area contributed by atoms with Crippen molar-refractivity contribution in [3.8, 4) is 0 Å². The molecule has 0 aliphatic rings. The van der Waals surface area contributed by atoms with Crippen LogP contribution in [0.2, 0.25) is 0 Å². The van der Waals surface area contributed by atoms with E-state index < -0.39 is 0 Å². The van der Waals surface area contributed by atoms with Gasteiger partial charge in [0.2, 0.25) is 0 Å². The minimum Gasteiger partial charge on any atom is -0.363 e. The first-order valence-electron chi connectivity index (χ1n) is 6.96. The molecule has 20 heavy (non-hydrogen) atoms. The summed E-state index contributed by atoms with van der Waals surface area (Å²) in [6.07, 6.45) is 0. The summed E-state index contributed by atoms with van der Waals surface area (Å²) in [7, 11) is 0. The Balaban J connectivity index is 1.95. The minimum atomic E-state index is 0.291. The largest absolute Gasteiger partial charge is 0.363 e. The van der Waals surface area contributed by atoms with E-state index in [0.29, 0.717) is 6.04 Å². The van der Waals surface area contributed by atoms with E-state index >= 15 is 0 Å². The lowest BCUT2D eigenvalue weighted by Crippen LogP contribution is -2.26. The zero-order valence-corrected chi connectivity index (χ0v) is 12.6. The van der Waals surface area contributed by atoms with Crippen LogP contribution in [0.3, 0.4) is 0 Å². The van der Waals surface area contributed by atoms with Crippen molar-refractivity contribution in [1.82, 2.24) is 4.98 Å². The van der Waals surface area contributed by atoms with E-state index in [2.05, 4.69) is 67.3 Å². The van der Waals surface area contributed by atoms with Gasteiger partial charge in [-0.05, 0) is 38.1 Å². The molecule has 2 nitrogen and oxygen atoms in total. The van der Waals surface area contributed by atoms with Crippen LogP contribution in [0.15, 0.2) is 54.6 Å². The zero-order chi connectivity index (χ0) is 13.9. The number of aromatic nitrogens is 1. The van der Waals surface area contributed by atoms with Crippen LogP contribution in [0.4, 0.5) is 5.69 Å². The van der Waals surface area contributed by atoms with E-state index in [-0.39, 0.29) is 0 Å². The summed E-state index contributed by atoms with van der Waals surface area (Å²) < 4.78 is 1.26. The quantitative estimate of drug-likeness (QED) is 0.677. The predicted octanol–water partition coefficient (Wildman–Crippen LogP) is 4.88. The Bertz CT molecular complexity index is 657. The van der Waals surface area contributed by atoms with Crippen molar-refractivity contribution in [3.05, 3.63) is 59.6 Å². The second kappa shape index (κ2) is 5.63. The van der Waals surface area contributed by atoms with Gasteiger partial charge in [0, 0.05) is 12.2 Å². The second-order valence-electron chi connectivity index (χ2n) is 4.82. The van der Waals surface area contributed by atoms with Crippen LogP contribution in [0.1, 0.15) is 24.9 Å². The summed E-state index contributed by atoms with van der Waals surface area (Å²) >= 11 is 1.79. The van der Waals surface area contributed by atoms with Crippen LogP contribution in [0.25, 0.3) is 10.2 Å². The summed E-state index contributed by atoms with van der Waals surface area (Å²) in [5.74, 6) is 0. The summed E-state index contributed by atoms with van der Waals surface area (Å²) in [5.41, 5.74) is 2.35. The first kappa shape index (κ1) is 13.1. The highest BCUT2D eigenvalue weighted by Gasteiger charge is 2.18. The maximum Gasteiger partial charge on any atom is 0.116 e. The molecule has 102 valence electrons. The maximum absolute atomic E-state index is 4.78. The summed E-state index contributed by atoms with van der Waals surface area (Å²) in [6, 6.07) is 19.2. The minimum absolute atomic E-state index is 0.291. The van der Waals surface area contributed by atoms with Crippen molar-refractivity contribution in [2.75, 3.05) is 11.4 Å². The van der Waals surface area contributed by atoms with Gasteiger partial charge in [-0.3, -0.25) is 0 Å². The molecular weight excluding hydrogens is 264 g/mol. The molecular formula is C17H18N2S. The lowest BCUT2D eigenvalue weighted by atomic mass is 10.2.